The van der Waals surface area contributed by atoms with Crippen LogP contribution in [0.25, 0.3) is 0 Å². The van der Waals surface area contributed by atoms with Gasteiger partial charge in [-0.1, -0.05) is 17.7 Å². The number of Topliss-reactive ketones (excluding diaryl/α,β-unsaturated/α-hetero) is 1. The van der Waals surface area contributed by atoms with Gasteiger partial charge in [-0.2, -0.15) is 16.8 Å². The standard InChI is InChI=1S/C12H16O7S2/c1-8-3-4-9(2)11(5-8)12(13)10(6-20(14,15)16)7-21(17,18)19/h3-5,10H,6-7H2,1-2H3,(H,14,15,16)(H,17,18,19). The minimum atomic E-state index is -4.57. The van der Waals surface area contributed by atoms with Gasteiger partial charge in [0.25, 0.3) is 20.2 Å². The van der Waals surface area contributed by atoms with Crippen LogP contribution in [0.2, 0.25) is 0 Å². The quantitative estimate of drug-likeness (QED) is 0.583. The Morgan fingerprint density at radius 2 is 1.52 bits per heavy atom. The Balaban J connectivity index is 3.24. The molecule has 7 nitrogen and oxygen atoms in total. The molecule has 0 saturated carbocycles. The molecular weight excluding hydrogens is 320 g/mol. The van der Waals surface area contributed by atoms with Gasteiger partial charge in [-0.25, -0.2) is 0 Å². The summed E-state index contributed by atoms with van der Waals surface area (Å²) >= 11 is 0. The molecule has 0 saturated heterocycles. The van der Waals surface area contributed by atoms with Crippen LogP contribution in [0.1, 0.15) is 21.5 Å². The average Bonchev–Trinajstić information content (AvgIpc) is 2.27. The SMILES string of the molecule is Cc1ccc(C)c(C(=O)C(CS(=O)(=O)O)CS(=O)(=O)O)c1. The summed E-state index contributed by atoms with van der Waals surface area (Å²) in [5, 5.41) is 0. The summed E-state index contributed by atoms with van der Waals surface area (Å²) in [6, 6.07) is 4.88. The van der Waals surface area contributed by atoms with Crippen molar-refractivity contribution in [2.24, 2.45) is 5.92 Å². The lowest BCUT2D eigenvalue weighted by atomic mass is 9.95. The molecule has 1 aromatic carbocycles. The van der Waals surface area contributed by atoms with Gasteiger partial charge in [0.2, 0.25) is 0 Å². The molecule has 0 bridgehead atoms. The number of carbonyl (C=O) groups is 1. The van der Waals surface area contributed by atoms with E-state index >= 15 is 0 Å². The van der Waals surface area contributed by atoms with Gasteiger partial charge in [0, 0.05) is 5.56 Å². The molecule has 118 valence electrons. The van der Waals surface area contributed by atoms with E-state index in [2.05, 4.69) is 0 Å². The number of rotatable bonds is 6. The van der Waals surface area contributed by atoms with Crippen molar-refractivity contribution in [3.8, 4) is 0 Å². The van der Waals surface area contributed by atoms with Gasteiger partial charge >= 0.3 is 0 Å². The first-order chi connectivity index (χ1) is 9.39. The van der Waals surface area contributed by atoms with Crippen molar-refractivity contribution in [3.63, 3.8) is 0 Å². The van der Waals surface area contributed by atoms with Crippen LogP contribution in [0.3, 0.4) is 0 Å². The number of aryl methyl sites for hydroxylation is 2. The molecular formula is C12H16O7S2. The third-order valence-electron chi connectivity index (χ3n) is 2.85. The molecule has 0 heterocycles. The van der Waals surface area contributed by atoms with E-state index < -0.39 is 43.4 Å². The molecule has 0 aliphatic carbocycles. The zero-order valence-corrected chi connectivity index (χ0v) is 13.1. The minimum Gasteiger partial charge on any atom is -0.294 e. The zero-order chi connectivity index (χ0) is 16.4. The Morgan fingerprint density at radius 3 is 1.95 bits per heavy atom. The summed E-state index contributed by atoms with van der Waals surface area (Å²) < 4.78 is 61.5. The molecule has 0 unspecified atom stereocenters. The second-order valence-corrected chi connectivity index (χ2v) is 7.87. The van der Waals surface area contributed by atoms with Gasteiger partial charge in [-0.3, -0.25) is 13.9 Å². The number of hydrogen-bond donors (Lipinski definition) is 2. The van der Waals surface area contributed by atoms with E-state index in [1.807, 2.05) is 0 Å². The predicted octanol–water partition coefficient (Wildman–Crippen LogP) is 0.878. The summed E-state index contributed by atoms with van der Waals surface area (Å²) in [4.78, 5) is 12.3. The Kier molecular flexibility index (Phi) is 5.26. The van der Waals surface area contributed by atoms with Crippen molar-refractivity contribution >= 4 is 26.0 Å². The van der Waals surface area contributed by atoms with Crippen molar-refractivity contribution in [1.82, 2.24) is 0 Å². The average molecular weight is 336 g/mol. The third kappa shape index (κ3) is 5.92. The molecule has 0 aromatic heterocycles. The van der Waals surface area contributed by atoms with Gasteiger partial charge in [-0.15, -0.1) is 0 Å². The maximum absolute atomic E-state index is 12.3. The maximum Gasteiger partial charge on any atom is 0.265 e. The largest absolute Gasteiger partial charge is 0.294 e. The lowest BCUT2D eigenvalue weighted by molar-refractivity contribution is 0.0939. The van der Waals surface area contributed by atoms with E-state index in [0.717, 1.165) is 5.56 Å². The second-order valence-electron chi connectivity index (χ2n) is 4.88. The summed E-state index contributed by atoms with van der Waals surface area (Å²) in [5.74, 6) is -4.47. The van der Waals surface area contributed by atoms with E-state index in [9.17, 15) is 21.6 Å². The fourth-order valence-electron chi connectivity index (χ4n) is 1.93. The highest BCUT2D eigenvalue weighted by Crippen LogP contribution is 2.18. The fraction of sp³-hybridized carbons (Fsp3) is 0.417. The van der Waals surface area contributed by atoms with Crippen LogP contribution in [-0.4, -0.2) is 43.2 Å². The van der Waals surface area contributed by atoms with Crippen molar-refractivity contribution in [2.75, 3.05) is 11.5 Å². The first kappa shape index (κ1) is 17.8. The van der Waals surface area contributed by atoms with Crippen LogP contribution in [-0.2, 0) is 20.2 Å². The second kappa shape index (κ2) is 6.22. The zero-order valence-electron chi connectivity index (χ0n) is 11.5. The Labute approximate surface area is 123 Å². The lowest BCUT2D eigenvalue weighted by Crippen LogP contribution is -2.30. The third-order valence-corrected chi connectivity index (χ3v) is 4.50. The normalized spacial score (nSPS) is 12.6. The molecule has 9 heteroatoms. The summed E-state index contributed by atoms with van der Waals surface area (Å²) in [6.45, 7) is 3.33. The summed E-state index contributed by atoms with van der Waals surface area (Å²) in [6.07, 6.45) is 0. The number of ketones is 1. The lowest BCUT2D eigenvalue weighted by Gasteiger charge is -2.14. The van der Waals surface area contributed by atoms with Crippen molar-refractivity contribution < 1.29 is 30.7 Å². The van der Waals surface area contributed by atoms with Crippen LogP contribution in [0.15, 0.2) is 18.2 Å². The van der Waals surface area contributed by atoms with E-state index in [1.165, 1.54) is 6.07 Å². The topological polar surface area (TPSA) is 126 Å². The minimum absolute atomic E-state index is 0.160. The van der Waals surface area contributed by atoms with Gasteiger partial charge in [-0.05, 0) is 25.5 Å². The molecule has 0 fully saturated rings. The van der Waals surface area contributed by atoms with E-state index in [4.69, 9.17) is 9.11 Å². The van der Waals surface area contributed by atoms with Crippen LogP contribution in [0.4, 0.5) is 0 Å². The number of benzene rings is 1. The van der Waals surface area contributed by atoms with Crippen molar-refractivity contribution in [1.29, 1.82) is 0 Å². The van der Waals surface area contributed by atoms with Gasteiger partial charge in [0.15, 0.2) is 5.78 Å². The molecule has 0 radical (unpaired) electrons. The highest BCUT2D eigenvalue weighted by molar-refractivity contribution is 7.86. The maximum atomic E-state index is 12.3. The monoisotopic (exact) mass is 336 g/mol. The Hall–Kier alpha value is -1.29. The molecule has 0 amide bonds. The first-order valence-corrected chi connectivity index (χ1v) is 9.12. The van der Waals surface area contributed by atoms with Gasteiger partial charge in [0.05, 0.1) is 17.4 Å². The molecule has 0 spiro atoms. The molecule has 1 rings (SSSR count). The summed E-state index contributed by atoms with van der Waals surface area (Å²) in [5.41, 5.74) is 1.44. The van der Waals surface area contributed by atoms with Crippen molar-refractivity contribution in [2.45, 2.75) is 13.8 Å². The van der Waals surface area contributed by atoms with E-state index in [0.29, 0.717) is 5.56 Å². The first-order valence-electron chi connectivity index (χ1n) is 5.91. The summed E-state index contributed by atoms with van der Waals surface area (Å²) in [7, 11) is -9.14. The van der Waals surface area contributed by atoms with Crippen LogP contribution < -0.4 is 0 Å². The highest BCUT2D eigenvalue weighted by Gasteiger charge is 2.30. The fourth-order valence-corrected chi connectivity index (χ4v) is 3.63. The van der Waals surface area contributed by atoms with Crippen LogP contribution >= 0.6 is 0 Å². The Morgan fingerprint density at radius 1 is 1.05 bits per heavy atom. The van der Waals surface area contributed by atoms with Crippen LogP contribution in [0, 0.1) is 19.8 Å². The smallest absolute Gasteiger partial charge is 0.265 e. The van der Waals surface area contributed by atoms with E-state index in [-0.39, 0.29) is 5.56 Å². The van der Waals surface area contributed by atoms with Gasteiger partial charge in [0.1, 0.15) is 0 Å². The molecule has 0 aliphatic rings. The molecule has 0 atom stereocenters. The van der Waals surface area contributed by atoms with E-state index in [1.54, 1.807) is 26.0 Å². The number of carbonyl (C=O) groups excluding carboxylic acids is 1. The molecule has 2 N–H and O–H groups in total. The molecule has 21 heavy (non-hydrogen) atoms. The Bertz CT molecular complexity index is 714. The number of hydrogen-bond acceptors (Lipinski definition) is 5. The molecule has 1 aromatic rings. The predicted molar refractivity (Wildman–Crippen MR) is 76.6 cm³/mol. The van der Waals surface area contributed by atoms with Crippen LogP contribution in [0.5, 0.6) is 0 Å². The van der Waals surface area contributed by atoms with Crippen molar-refractivity contribution in [3.05, 3.63) is 34.9 Å². The van der Waals surface area contributed by atoms with Gasteiger partial charge < -0.3 is 0 Å². The molecule has 0 aliphatic heterocycles. The highest BCUT2D eigenvalue weighted by atomic mass is 32.2.